The number of nitrogens with zero attached hydrogens (tertiary/aromatic N) is 2. The first-order chi connectivity index (χ1) is 31.8. The predicted molar refractivity (Wildman–Crippen MR) is 261 cm³/mol. The van der Waals surface area contributed by atoms with Crippen molar-refractivity contribution in [2.75, 3.05) is 53.2 Å². The van der Waals surface area contributed by atoms with Crippen molar-refractivity contribution in [2.45, 2.75) is 83.1 Å². The van der Waals surface area contributed by atoms with E-state index in [9.17, 15) is 53.3 Å². The second-order valence-electron chi connectivity index (χ2n) is 18.3. The minimum Gasteiger partial charge on any atom is -0.481 e. The Morgan fingerprint density at radius 1 is 0.676 bits per heavy atom. The van der Waals surface area contributed by atoms with Gasteiger partial charge in [-0.15, -0.1) is 0 Å². The van der Waals surface area contributed by atoms with Gasteiger partial charge in [-0.05, 0) is 91.3 Å². The van der Waals surface area contributed by atoms with Gasteiger partial charge < -0.3 is 25.5 Å². The first kappa shape index (κ1) is 52.0. The van der Waals surface area contributed by atoms with E-state index >= 15 is 0 Å². The summed E-state index contributed by atoms with van der Waals surface area (Å²) >= 11 is 0. The van der Waals surface area contributed by atoms with Crippen LogP contribution in [0, 0.1) is 5.41 Å². The Balaban J connectivity index is 1.47. The van der Waals surface area contributed by atoms with Crippen molar-refractivity contribution in [3.63, 3.8) is 0 Å². The Hall–Kier alpha value is -5.38. The van der Waals surface area contributed by atoms with Gasteiger partial charge in [-0.2, -0.15) is 25.3 Å². The van der Waals surface area contributed by atoms with Gasteiger partial charge in [0, 0.05) is 60.5 Å². The van der Waals surface area contributed by atoms with Crippen molar-refractivity contribution < 1.29 is 58.4 Å². The highest BCUT2D eigenvalue weighted by Gasteiger charge is 2.49. The predicted octanol–water partition coefficient (Wildman–Crippen LogP) is 6.07. The van der Waals surface area contributed by atoms with E-state index in [-0.39, 0.29) is 51.7 Å². The average molecular weight is 997 g/mol. The largest absolute Gasteiger partial charge is 0.481 e. The number of carboxylic acids is 1. The van der Waals surface area contributed by atoms with Gasteiger partial charge in [0.25, 0.3) is 30.4 Å². The maximum Gasteiger partial charge on any atom is 0.303 e. The van der Waals surface area contributed by atoms with Gasteiger partial charge in [0.15, 0.2) is 0 Å². The van der Waals surface area contributed by atoms with E-state index in [1.807, 2.05) is 111 Å². The summed E-state index contributed by atoms with van der Waals surface area (Å²) in [5.41, 5.74) is 2.02. The number of aliphatic carboxylic acids is 1. The van der Waals surface area contributed by atoms with Crippen molar-refractivity contribution in [1.82, 2.24) is 10.6 Å². The lowest BCUT2D eigenvalue weighted by Gasteiger charge is -2.38. The highest BCUT2D eigenvalue weighted by atomic mass is 32.2. The van der Waals surface area contributed by atoms with Gasteiger partial charge in [0.2, 0.25) is 11.8 Å². The molecule has 6 N–H and O–H groups in total. The molecule has 0 spiro atoms. The molecule has 0 fully saturated rings. The summed E-state index contributed by atoms with van der Waals surface area (Å²) in [5.74, 6) is -4.13. The standard InChI is InChI=1S/C48H60N4O13S3/c1-46(2)37-15-6-7-17-39(37)51(26-11-28-66(57,58)59)41(46)21-20-34-31-35(33-48(32-34,45(56)50-25-30-68(63,64)65)44(55)49-24-8-4-5-19-42(53)54)22-23-47(3)38-16-9-13-36-14-10-18-40(43(36)38)52(47)27-12-29-67(60,61)62/h6-7,9-10,13-18,20-23,31H,4-5,8,11-12,19,24-30,32-33H2,1-3H3,(H,49,55)(H,50,56)(H,53,54)(H,57,58,59)(H,60,61,62)(H,63,64,65)/b23-22+,34-20-,41-21+. The van der Waals surface area contributed by atoms with E-state index in [1.54, 1.807) is 6.08 Å². The van der Waals surface area contributed by atoms with Crippen LogP contribution in [0.3, 0.4) is 0 Å². The number of fused-ring (bicyclic) bond motifs is 1. The molecule has 3 aromatic carbocycles. The monoisotopic (exact) mass is 996 g/mol. The summed E-state index contributed by atoms with van der Waals surface area (Å²) in [4.78, 5) is 44.4. The SMILES string of the molecule is CC1(C)/C(=C\C=C2C=C(/C=C/C3(C)c4cccc5cccc(c45)N3CCCS(=O)(=O)O)CC(C(=O)NCCCCCC(=O)O)(C(=O)NCCS(=O)(=O)O)C\2)N(CCCS(=O)(=O)O)c2ccccc21. The molecule has 3 aliphatic rings. The number of hydrogen-bond acceptors (Lipinski definition) is 11. The summed E-state index contributed by atoms with van der Waals surface area (Å²) in [5, 5.41) is 16.5. The fourth-order valence-electron chi connectivity index (χ4n) is 9.69. The molecule has 1 aliphatic carbocycles. The van der Waals surface area contributed by atoms with Crippen LogP contribution in [0.2, 0.25) is 0 Å². The number of anilines is 2. The van der Waals surface area contributed by atoms with Crippen molar-refractivity contribution in [1.29, 1.82) is 0 Å². The fraction of sp³-hybridized carbons (Fsp3) is 0.438. The lowest BCUT2D eigenvalue weighted by Crippen LogP contribution is -2.53. The topological polar surface area (TPSA) is 265 Å². The number of rotatable bonds is 22. The lowest BCUT2D eigenvalue weighted by molar-refractivity contribution is -0.144. The van der Waals surface area contributed by atoms with Crippen LogP contribution >= 0.6 is 0 Å². The van der Waals surface area contributed by atoms with Crippen LogP contribution in [0.1, 0.15) is 83.3 Å². The van der Waals surface area contributed by atoms with E-state index in [0.29, 0.717) is 30.4 Å². The van der Waals surface area contributed by atoms with Crippen LogP contribution in [0.15, 0.2) is 108 Å². The summed E-state index contributed by atoms with van der Waals surface area (Å²) < 4.78 is 99.4. The molecule has 2 unspecified atom stereocenters. The quantitative estimate of drug-likeness (QED) is 0.0379. The maximum absolute atomic E-state index is 14.7. The molecule has 20 heteroatoms. The van der Waals surface area contributed by atoms with Crippen molar-refractivity contribution in [3.05, 3.63) is 119 Å². The zero-order valence-corrected chi connectivity index (χ0v) is 40.8. The van der Waals surface area contributed by atoms with Crippen LogP contribution in [0.4, 0.5) is 11.4 Å². The number of carboxylic acid groups (broad SMARTS) is 1. The average Bonchev–Trinajstić information content (AvgIpc) is 3.62. The molecule has 2 aliphatic heterocycles. The van der Waals surface area contributed by atoms with Gasteiger partial charge in [-0.1, -0.05) is 93.1 Å². The zero-order valence-electron chi connectivity index (χ0n) is 38.3. The molecular formula is C48H60N4O13S3. The number of unbranched alkanes of at least 4 members (excludes halogenated alkanes) is 2. The molecule has 0 aromatic heterocycles. The molecule has 2 heterocycles. The molecule has 0 bridgehead atoms. The zero-order chi connectivity index (χ0) is 49.7. The number of carbonyl (C=O) groups excluding carboxylic acids is 2. The molecule has 68 heavy (non-hydrogen) atoms. The molecule has 368 valence electrons. The normalized spacial score (nSPS) is 21.4. The van der Waals surface area contributed by atoms with E-state index < -0.39 is 88.3 Å². The van der Waals surface area contributed by atoms with Gasteiger partial charge in [0.05, 0.1) is 22.8 Å². The minimum atomic E-state index is -4.50. The van der Waals surface area contributed by atoms with Crippen LogP contribution in [0.25, 0.3) is 10.8 Å². The van der Waals surface area contributed by atoms with Crippen LogP contribution in [-0.4, -0.2) is 105 Å². The first-order valence-electron chi connectivity index (χ1n) is 22.5. The Bertz CT molecular complexity index is 2900. The summed E-state index contributed by atoms with van der Waals surface area (Å²) in [6.45, 7) is 6.10. The second kappa shape index (κ2) is 20.7. The smallest absolute Gasteiger partial charge is 0.303 e. The van der Waals surface area contributed by atoms with Crippen molar-refractivity contribution in [2.24, 2.45) is 5.41 Å². The molecule has 0 saturated carbocycles. The number of nitrogens with one attached hydrogen (secondary N) is 2. The maximum atomic E-state index is 14.7. The van der Waals surface area contributed by atoms with E-state index in [0.717, 1.165) is 39.0 Å². The van der Waals surface area contributed by atoms with Gasteiger partial charge in [-0.3, -0.25) is 28.0 Å². The second-order valence-corrected chi connectivity index (χ2v) is 23.1. The fourth-order valence-corrected chi connectivity index (χ4v) is 11.0. The third-order valence-electron chi connectivity index (χ3n) is 13.0. The van der Waals surface area contributed by atoms with Crippen molar-refractivity contribution in [3.8, 4) is 0 Å². The molecule has 17 nitrogen and oxygen atoms in total. The van der Waals surface area contributed by atoms with E-state index in [2.05, 4.69) is 15.5 Å². The first-order valence-corrected chi connectivity index (χ1v) is 27.3. The molecule has 0 radical (unpaired) electrons. The molecule has 2 atom stereocenters. The van der Waals surface area contributed by atoms with Crippen LogP contribution in [0.5, 0.6) is 0 Å². The highest BCUT2D eigenvalue weighted by molar-refractivity contribution is 7.86. The molecule has 6 rings (SSSR count). The van der Waals surface area contributed by atoms with E-state index in [1.165, 1.54) is 0 Å². The van der Waals surface area contributed by atoms with Gasteiger partial charge >= 0.3 is 5.97 Å². The summed E-state index contributed by atoms with van der Waals surface area (Å²) in [6.07, 6.45) is 10.4. The lowest BCUT2D eigenvalue weighted by atomic mass is 9.70. The number of carbonyl (C=O) groups is 3. The summed E-state index contributed by atoms with van der Waals surface area (Å²) in [7, 11) is -13.0. The van der Waals surface area contributed by atoms with Gasteiger partial charge in [0.1, 0.15) is 5.41 Å². The molecular weight excluding hydrogens is 937 g/mol. The van der Waals surface area contributed by atoms with Crippen LogP contribution in [-0.2, 0) is 55.7 Å². The Kier molecular flexibility index (Phi) is 15.8. The molecule has 2 amide bonds. The number of benzene rings is 3. The Labute approximate surface area is 398 Å². The summed E-state index contributed by atoms with van der Waals surface area (Å²) in [6, 6.07) is 19.4. The molecule has 3 aromatic rings. The Morgan fingerprint density at radius 2 is 1.28 bits per heavy atom. The number of hydrogen-bond donors (Lipinski definition) is 6. The van der Waals surface area contributed by atoms with Crippen molar-refractivity contribution >= 4 is 70.3 Å². The number of amides is 2. The number of allylic oxidation sites excluding steroid dienone is 7. The third kappa shape index (κ3) is 12.3. The minimum absolute atomic E-state index is 0.0471. The van der Waals surface area contributed by atoms with E-state index in [4.69, 9.17) is 5.11 Å². The third-order valence-corrected chi connectivity index (χ3v) is 15.3. The Morgan fingerprint density at radius 3 is 1.94 bits per heavy atom. The van der Waals surface area contributed by atoms with Crippen LogP contribution < -0.4 is 20.4 Å². The highest BCUT2D eigenvalue weighted by Crippen LogP contribution is 2.50. The molecule has 0 saturated heterocycles. The number of para-hydroxylation sites is 1. The van der Waals surface area contributed by atoms with Gasteiger partial charge in [-0.25, -0.2) is 0 Å².